The zero-order valence-electron chi connectivity index (χ0n) is 7.22. The molecule has 0 bridgehead atoms. The summed E-state index contributed by atoms with van der Waals surface area (Å²) >= 11 is 0. The molecule has 3 atom stereocenters. The Hall–Kier alpha value is -0.290. The lowest BCUT2D eigenvalue weighted by Gasteiger charge is -2.22. The second-order valence-electron chi connectivity index (χ2n) is 2.77. The van der Waals surface area contributed by atoms with Crippen LogP contribution in [0.1, 0.15) is 20.8 Å². The van der Waals surface area contributed by atoms with E-state index in [0.29, 0.717) is 0 Å². The summed E-state index contributed by atoms with van der Waals surface area (Å²) in [7, 11) is 0. The third-order valence-corrected chi connectivity index (χ3v) is 1.56. The molecule has 0 aliphatic rings. The first-order chi connectivity index (χ1) is 5.25. The van der Waals surface area contributed by atoms with Gasteiger partial charge in [-0.1, -0.05) is 0 Å². The maximum absolute atomic E-state index is 11.9. The van der Waals surface area contributed by atoms with E-state index in [1.165, 1.54) is 13.8 Å². The minimum absolute atomic E-state index is 0.804. The van der Waals surface area contributed by atoms with Crippen LogP contribution in [0.25, 0.3) is 0 Å². The summed E-state index contributed by atoms with van der Waals surface area (Å²) in [5.74, 6) is 0. The number of aliphatic hydroxyl groups is 1. The fourth-order valence-electron chi connectivity index (χ4n) is 0.513. The van der Waals surface area contributed by atoms with Crippen LogP contribution >= 0.6 is 0 Å². The minimum atomic E-state index is -4.36. The summed E-state index contributed by atoms with van der Waals surface area (Å²) < 4.78 is 40.1. The molecule has 2 unspecified atom stereocenters. The van der Waals surface area contributed by atoms with Crippen LogP contribution in [-0.4, -0.2) is 29.6 Å². The quantitative estimate of drug-likeness (QED) is 0.727. The van der Waals surface area contributed by atoms with Crippen LogP contribution in [0, 0.1) is 0 Å². The predicted molar refractivity (Wildman–Crippen MR) is 37.7 cm³/mol. The zero-order chi connectivity index (χ0) is 9.94. The normalized spacial score (nSPS) is 20.2. The Morgan fingerprint density at radius 2 is 1.58 bits per heavy atom. The van der Waals surface area contributed by atoms with Crippen molar-refractivity contribution < 1.29 is 23.0 Å². The monoisotopic (exact) mass is 186 g/mol. The standard InChI is InChI=1S/C7H13F3O2/c1-4(11)5(2)12-6(3)7(8,9)10/h4-6,11H,1-3H3/t4-,5?,6?/m0/s1. The SMILES string of the molecule is CC(OC(C)C(F)(F)F)[C@H](C)O. The molecule has 0 heterocycles. The number of hydrogen-bond donors (Lipinski definition) is 1. The van der Waals surface area contributed by atoms with Crippen molar-refractivity contribution in [3.63, 3.8) is 0 Å². The highest BCUT2D eigenvalue weighted by Gasteiger charge is 2.38. The van der Waals surface area contributed by atoms with Gasteiger partial charge in [-0.15, -0.1) is 0 Å². The molecule has 0 fully saturated rings. The Labute approximate surface area is 69.3 Å². The molecule has 1 N–H and O–H groups in total. The average Bonchev–Trinajstić information content (AvgIpc) is 1.85. The first kappa shape index (κ1) is 11.7. The smallest absolute Gasteiger partial charge is 0.391 e. The van der Waals surface area contributed by atoms with Crippen molar-refractivity contribution in [1.29, 1.82) is 0 Å². The van der Waals surface area contributed by atoms with E-state index in [9.17, 15) is 13.2 Å². The molecule has 74 valence electrons. The second-order valence-corrected chi connectivity index (χ2v) is 2.77. The first-order valence-corrected chi connectivity index (χ1v) is 3.65. The molecular formula is C7H13F3O2. The third kappa shape index (κ3) is 3.92. The molecule has 0 saturated heterocycles. The molecule has 0 spiro atoms. The Morgan fingerprint density at radius 1 is 1.17 bits per heavy atom. The van der Waals surface area contributed by atoms with Gasteiger partial charge < -0.3 is 9.84 Å². The van der Waals surface area contributed by atoms with Crippen LogP contribution in [-0.2, 0) is 4.74 Å². The Kier molecular flexibility index (Phi) is 3.99. The molecule has 0 aromatic carbocycles. The number of aliphatic hydroxyl groups excluding tert-OH is 1. The summed E-state index contributed by atoms with van der Waals surface area (Å²) in [6.45, 7) is 3.69. The number of rotatable bonds is 3. The lowest BCUT2D eigenvalue weighted by Crippen LogP contribution is -2.35. The van der Waals surface area contributed by atoms with Crippen LogP contribution in [0.2, 0.25) is 0 Å². The van der Waals surface area contributed by atoms with Gasteiger partial charge in [0.25, 0.3) is 0 Å². The number of halogens is 3. The highest BCUT2D eigenvalue weighted by Crippen LogP contribution is 2.23. The van der Waals surface area contributed by atoms with Gasteiger partial charge in [0.05, 0.1) is 12.2 Å². The van der Waals surface area contributed by atoms with Gasteiger partial charge in [0.15, 0.2) is 6.10 Å². The van der Waals surface area contributed by atoms with Gasteiger partial charge in [-0.2, -0.15) is 13.2 Å². The number of ether oxygens (including phenoxy) is 1. The summed E-state index contributed by atoms with van der Waals surface area (Å²) in [5.41, 5.74) is 0. The lowest BCUT2D eigenvalue weighted by atomic mass is 10.2. The van der Waals surface area contributed by atoms with E-state index in [4.69, 9.17) is 5.11 Å². The van der Waals surface area contributed by atoms with Crippen molar-refractivity contribution in [2.75, 3.05) is 0 Å². The van der Waals surface area contributed by atoms with E-state index in [2.05, 4.69) is 4.74 Å². The Bertz CT molecular complexity index is 133. The topological polar surface area (TPSA) is 29.5 Å². The maximum Gasteiger partial charge on any atom is 0.414 e. The van der Waals surface area contributed by atoms with Gasteiger partial charge in [-0.05, 0) is 20.8 Å². The Morgan fingerprint density at radius 3 is 1.83 bits per heavy atom. The van der Waals surface area contributed by atoms with Crippen LogP contribution < -0.4 is 0 Å². The summed E-state index contributed by atoms with van der Waals surface area (Å²) in [5, 5.41) is 8.84. The summed E-state index contributed by atoms with van der Waals surface area (Å²) in [6, 6.07) is 0. The van der Waals surface area contributed by atoms with Crippen LogP contribution in [0.4, 0.5) is 13.2 Å². The molecule has 0 aromatic rings. The van der Waals surface area contributed by atoms with E-state index in [1.807, 2.05) is 0 Å². The molecule has 12 heavy (non-hydrogen) atoms. The van der Waals surface area contributed by atoms with Crippen molar-refractivity contribution in [1.82, 2.24) is 0 Å². The van der Waals surface area contributed by atoms with Crippen LogP contribution in [0.15, 0.2) is 0 Å². The molecule has 5 heteroatoms. The lowest BCUT2D eigenvalue weighted by molar-refractivity contribution is -0.232. The van der Waals surface area contributed by atoms with Gasteiger partial charge in [-0.3, -0.25) is 0 Å². The number of hydrogen-bond acceptors (Lipinski definition) is 2. The van der Waals surface area contributed by atoms with Crippen molar-refractivity contribution in [3.05, 3.63) is 0 Å². The van der Waals surface area contributed by atoms with E-state index < -0.39 is 24.5 Å². The fraction of sp³-hybridized carbons (Fsp3) is 1.00. The van der Waals surface area contributed by atoms with Gasteiger partial charge >= 0.3 is 6.18 Å². The van der Waals surface area contributed by atoms with E-state index in [0.717, 1.165) is 6.92 Å². The molecule has 0 aliphatic carbocycles. The molecule has 2 nitrogen and oxygen atoms in total. The molecule has 0 radical (unpaired) electrons. The average molecular weight is 186 g/mol. The summed E-state index contributed by atoms with van der Waals surface area (Å²) in [4.78, 5) is 0. The predicted octanol–water partition coefficient (Wildman–Crippen LogP) is 1.72. The highest BCUT2D eigenvalue weighted by atomic mass is 19.4. The zero-order valence-corrected chi connectivity index (χ0v) is 7.22. The van der Waals surface area contributed by atoms with Gasteiger partial charge in [0.1, 0.15) is 0 Å². The van der Waals surface area contributed by atoms with Gasteiger partial charge in [0, 0.05) is 0 Å². The van der Waals surface area contributed by atoms with Crippen molar-refractivity contribution in [2.24, 2.45) is 0 Å². The first-order valence-electron chi connectivity index (χ1n) is 3.65. The van der Waals surface area contributed by atoms with E-state index in [1.54, 1.807) is 0 Å². The number of alkyl halides is 3. The molecule has 0 saturated carbocycles. The second kappa shape index (κ2) is 4.09. The van der Waals surface area contributed by atoms with Crippen molar-refractivity contribution >= 4 is 0 Å². The molecule has 0 aliphatic heterocycles. The van der Waals surface area contributed by atoms with Crippen LogP contribution in [0.5, 0.6) is 0 Å². The third-order valence-electron chi connectivity index (χ3n) is 1.56. The van der Waals surface area contributed by atoms with E-state index >= 15 is 0 Å². The summed E-state index contributed by atoms with van der Waals surface area (Å²) in [6.07, 6.45) is -7.89. The van der Waals surface area contributed by atoms with Gasteiger partial charge in [0.2, 0.25) is 0 Å². The molecule has 0 rings (SSSR count). The minimum Gasteiger partial charge on any atom is -0.391 e. The molecule has 0 amide bonds. The molecule has 0 aromatic heterocycles. The van der Waals surface area contributed by atoms with Gasteiger partial charge in [-0.25, -0.2) is 0 Å². The molecular weight excluding hydrogens is 173 g/mol. The maximum atomic E-state index is 11.9. The van der Waals surface area contributed by atoms with E-state index in [-0.39, 0.29) is 0 Å². The van der Waals surface area contributed by atoms with Crippen LogP contribution in [0.3, 0.4) is 0 Å². The van der Waals surface area contributed by atoms with Crippen molar-refractivity contribution in [3.8, 4) is 0 Å². The Balaban J connectivity index is 3.93. The largest absolute Gasteiger partial charge is 0.414 e. The van der Waals surface area contributed by atoms with Crippen molar-refractivity contribution in [2.45, 2.75) is 45.3 Å². The fourth-order valence-corrected chi connectivity index (χ4v) is 0.513. The highest BCUT2D eigenvalue weighted by molar-refractivity contribution is 4.66.